The second-order valence-electron chi connectivity index (χ2n) is 4.71. The number of para-hydroxylation sites is 2. The molecule has 2 aromatic rings. The molecule has 0 radical (unpaired) electrons. The number of imidazole rings is 1. The summed E-state index contributed by atoms with van der Waals surface area (Å²) in [6.45, 7) is 4.46. The van der Waals surface area contributed by atoms with Crippen LogP contribution in [-0.2, 0) is 16.1 Å². The highest BCUT2D eigenvalue weighted by molar-refractivity contribution is 5.91. The van der Waals surface area contributed by atoms with E-state index in [9.17, 15) is 4.79 Å². The number of anilines is 1. The largest absolute Gasteiger partial charge is 0.382 e. The topological polar surface area (TPSA) is 82.2 Å². The van der Waals surface area contributed by atoms with Crippen molar-refractivity contribution in [2.24, 2.45) is 5.73 Å². The van der Waals surface area contributed by atoms with Crippen molar-refractivity contribution in [1.82, 2.24) is 9.55 Å². The van der Waals surface area contributed by atoms with Gasteiger partial charge in [-0.15, -0.1) is 0 Å². The molecule has 1 aromatic heterocycles. The molecule has 0 spiro atoms. The number of carbonyl (C=O) groups is 1. The van der Waals surface area contributed by atoms with Gasteiger partial charge < -0.3 is 15.0 Å². The number of nitrogens with zero attached hydrogens (tertiary/aromatic N) is 2. The number of benzene rings is 1. The van der Waals surface area contributed by atoms with Gasteiger partial charge in [-0.1, -0.05) is 12.1 Å². The highest BCUT2D eigenvalue weighted by atomic mass is 16.5. The molecule has 0 unspecified atom stereocenters. The number of fused-ring (bicyclic) bond motifs is 1. The molecular weight excluding hydrogens is 268 g/mol. The lowest BCUT2D eigenvalue weighted by Gasteiger charge is -2.10. The molecule has 0 aliphatic heterocycles. The summed E-state index contributed by atoms with van der Waals surface area (Å²) < 4.78 is 7.38. The molecular formula is C15H22N4O2. The molecule has 114 valence electrons. The van der Waals surface area contributed by atoms with Gasteiger partial charge >= 0.3 is 0 Å². The van der Waals surface area contributed by atoms with Gasteiger partial charge in [-0.2, -0.15) is 0 Å². The number of hydrogen-bond acceptors (Lipinski definition) is 4. The van der Waals surface area contributed by atoms with Gasteiger partial charge in [0.15, 0.2) is 0 Å². The van der Waals surface area contributed by atoms with E-state index in [0.29, 0.717) is 32.1 Å². The predicted molar refractivity (Wildman–Crippen MR) is 83.1 cm³/mol. The van der Waals surface area contributed by atoms with Gasteiger partial charge in [0.05, 0.1) is 11.0 Å². The standard InChI is InChI=1S/C15H22N4O2/c1-2-21-11-5-10-19-13-7-4-3-6-12(13)17-15(19)18-14(20)8-9-16/h3-4,6-7H,2,5,8-11,16H2,1H3,(H,17,18,20). The molecule has 6 heteroatoms. The molecule has 2 rings (SSSR count). The van der Waals surface area contributed by atoms with E-state index in [1.165, 1.54) is 0 Å². The Hall–Kier alpha value is -1.92. The normalized spacial score (nSPS) is 11.0. The summed E-state index contributed by atoms with van der Waals surface area (Å²) in [6, 6.07) is 7.84. The van der Waals surface area contributed by atoms with Crippen LogP contribution in [0.2, 0.25) is 0 Å². The minimum Gasteiger partial charge on any atom is -0.382 e. The Balaban J connectivity index is 2.19. The van der Waals surface area contributed by atoms with Crippen molar-refractivity contribution in [2.75, 3.05) is 25.1 Å². The quantitative estimate of drug-likeness (QED) is 0.726. The van der Waals surface area contributed by atoms with Gasteiger partial charge in [-0.05, 0) is 25.5 Å². The fourth-order valence-electron chi connectivity index (χ4n) is 2.18. The molecule has 0 atom stereocenters. The first kappa shape index (κ1) is 15.5. The molecule has 1 heterocycles. The molecule has 21 heavy (non-hydrogen) atoms. The van der Waals surface area contributed by atoms with E-state index in [1.807, 2.05) is 35.8 Å². The van der Waals surface area contributed by atoms with Crippen LogP contribution in [0.1, 0.15) is 19.8 Å². The molecule has 0 fully saturated rings. The number of nitrogens with two attached hydrogens (primary N) is 1. The van der Waals surface area contributed by atoms with Crippen LogP contribution in [0.25, 0.3) is 11.0 Å². The Morgan fingerprint density at radius 2 is 2.24 bits per heavy atom. The maximum Gasteiger partial charge on any atom is 0.227 e. The number of ether oxygens (including phenoxy) is 1. The lowest BCUT2D eigenvalue weighted by atomic mass is 10.3. The number of amides is 1. The van der Waals surface area contributed by atoms with E-state index in [-0.39, 0.29) is 5.91 Å². The smallest absolute Gasteiger partial charge is 0.227 e. The fraction of sp³-hybridized carbons (Fsp3) is 0.467. The Morgan fingerprint density at radius 1 is 1.43 bits per heavy atom. The lowest BCUT2D eigenvalue weighted by molar-refractivity contribution is -0.116. The van der Waals surface area contributed by atoms with Gasteiger partial charge in [-0.25, -0.2) is 4.98 Å². The average molecular weight is 290 g/mol. The van der Waals surface area contributed by atoms with Crippen molar-refractivity contribution < 1.29 is 9.53 Å². The van der Waals surface area contributed by atoms with Crippen molar-refractivity contribution in [3.63, 3.8) is 0 Å². The van der Waals surface area contributed by atoms with E-state index >= 15 is 0 Å². The first-order chi connectivity index (χ1) is 10.3. The first-order valence-corrected chi connectivity index (χ1v) is 7.29. The molecule has 3 N–H and O–H groups in total. The Kier molecular flexibility index (Phi) is 5.71. The number of rotatable bonds is 8. The van der Waals surface area contributed by atoms with Crippen LogP contribution in [0.3, 0.4) is 0 Å². The molecule has 0 saturated carbocycles. The van der Waals surface area contributed by atoms with Gasteiger partial charge in [0.25, 0.3) is 0 Å². The van der Waals surface area contributed by atoms with E-state index in [2.05, 4.69) is 10.3 Å². The number of carbonyl (C=O) groups excluding carboxylic acids is 1. The van der Waals surface area contributed by atoms with Gasteiger partial charge in [0.2, 0.25) is 11.9 Å². The predicted octanol–water partition coefficient (Wildman–Crippen LogP) is 1.75. The molecule has 0 aliphatic carbocycles. The maximum absolute atomic E-state index is 11.7. The highest BCUT2D eigenvalue weighted by Crippen LogP contribution is 2.20. The lowest BCUT2D eigenvalue weighted by Crippen LogP contribution is -2.19. The van der Waals surface area contributed by atoms with Crippen LogP contribution >= 0.6 is 0 Å². The van der Waals surface area contributed by atoms with Crippen molar-refractivity contribution >= 4 is 22.9 Å². The van der Waals surface area contributed by atoms with Crippen LogP contribution in [0.5, 0.6) is 0 Å². The zero-order valence-electron chi connectivity index (χ0n) is 12.3. The van der Waals surface area contributed by atoms with Gasteiger partial charge in [0, 0.05) is 32.7 Å². The molecule has 0 bridgehead atoms. The summed E-state index contributed by atoms with van der Waals surface area (Å²) in [6.07, 6.45) is 1.16. The Labute approximate surface area is 124 Å². The monoisotopic (exact) mass is 290 g/mol. The molecule has 1 amide bonds. The van der Waals surface area contributed by atoms with Crippen LogP contribution in [0, 0.1) is 0 Å². The third kappa shape index (κ3) is 4.03. The second-order valence-corrected chi connectivity index (χ2v) is 4.71. The zero-order chi connectivity index (χ0) is 15.1. The van der Waals surface area contributed by atoms with Gasteiger partial charge in [0.1, 0.15) is 0 Å². The van der Waals surface area contributed by atoms with E-state index in [1.54, 1.807) is 0 Å². The van der Waals surface area contributed by atoms with Crippen molar-refractivity contribution in [3.05, 3.63) is 24.3 Å². The van der Waals surface area contributed by atoms with E-state index in [0.717, 1.165) is 24.0 Å². The Bertz CT molecular complexity index is 594. The van der Waals surface area contributed by atoms with Crippen LogP contribution < -0.4 is 11.1 Å². The van der Waals surface area contributed by atoms with Crippen molar-refractivity contribution in [2.45, 2.75) is 26.3 Å². The zero-order valence-corrected chi connectivity index (χ0v) is 12.3. The number of aromatic nitrogens is 2. The first-order valence-electron chi connectivity index (χ1n) is 7.29. The number of nitrogens with one attached hydrogen (secondary N) is 1. The summed E-state index contributed by atoms with van der Waals surface area (Å²) in [7, 11) is 0. The second kappa shape index (κ2) is 7.75. The van der Waals surface area contributed by atoms with Crippen molar-refractivity contribution in [3.8, 4) is 0 Å². The summed E-state index contributed by atoms with van der Waals surface area (Å²) >= 11 is 0. The number of hydrogen-bond donors (Lipinski definition) is 2. The van der Waals surface area contributed by atoms with Gasteiger partial charge in [-0.3, -0.25) is 10.1 Å². The molecule has 1 aromatic carbocycles. The summed E-state index contributed by atoms with van der Waals surface area (Å²) in [5.41, 5.74) is 7.29. The maximum atomic E-state index is 11.7. The van der Waals surface area contributed by atoms with Crippen LogP contribution in [-0.4, -0.2) is 35.2 Å². The minimum atomic E-state index is -0.112. The SMILES string of the molecule is CCOCCCn1c(NC(=O)CCN)nc2ccccc21. The summed E-state index contributed by atoms with van der Waals surface area (Å²) in [5.74, 6) is 0.463. The van der Waals surface area contributed by atoms with Crippen molar-refractivity contribution in [1.29, 1.82) is 0 Å². The molecule has 0 aliphatic rings. The highest BCUT2D eigenvalue weighted by Gasteiger charge is 2.12. The van der Waals surface area contributed by atoms with Crippen LogP contribution in [0.4, 0.5) is 5.95 Å². The van der Waals surface area contributed by atoms with E-state index < -0.39 is 0 Å². The average Bonchev–Trinajstić information content (AvgIpc) is 2.81. The number of aryl methyl sites for hydroxylation is 1. The van der Waals surface area contributed by atoms with Crippen LogP contribution in [0.15, 0.2) is 24.3 Å². The Morgan fingerprint density at radius 3 is 3.00 bits per heavy atom. The summed E-state index contributed by atoms with van der Waals surface area (Å²) in [4.78, 5) is 16.2. The fourth-order valence-corrected chi connectivity index (χ4v) is 2.18. The summed E-state index contributed by atoms with van der Waals surface area (Å²) in [5, 5.41) is 2.83. The molecule has 6 nitrogen and oxygen atoms in total. The minimum absolute atomic E-state index is 0.112. The van der Waals surface area contributed by atoms with E-state index in [4.69, 9.17) is 10.5 Å². The third-order valence-corrected chi connectivity index (χ3v) is 3.15. The third-order valence-electron chi connectivity index (χ3n) is 3.15. The molecule has 0 saturated heterocycles.